The van der Waals surface area contributed by atoms with Crippen LogP contribution in [0.25, 0.3) is 33.3 Å². The Bertz CT molecular complexity index is 1840. The zero-order valence-corrected chi connectivity index (χ0v) is 27.7. The third kappa shape index (κ3) is 6.15. The van der Waals surface area contributed by atoms with Crippen molar-refractivity contribution in [2.45, 2.75) is 45.4 Å². The monoisotopic (exact) mass is 632 g/mol. The van der Waals surface area contributed by atoms with Crippen LogP contribution in [0.4, 0.5) is 4.79 Å². The van der Waals surface area contributed by atoms with E-state index in [9.17, 15) is 4.79 Å². The Morgan fingerprint density at radius 1 is 1.09 bits per heavy atom. The Morgan fingerprint density at radius 3 is 2.61 bits per heavy atom. The summed E-state index contributed by atoms with van der Waals surface area (Å²) in [5, 5.41) is 4.90. The maximum absolute atomic E-state index is 12.2. The van der Waals surface area contributed by atoms with Crippen LogP contribution >= 0.6 is 11.6 Å². The molecular weight excluding hydrogens is 596 g/mol. The zero-order chi connectivity index (χ0) is 31.2. The normalized spacial score (nSPS) is 13.9. The number of aromatic nitrogens is 6. The van der Waals surface area contributed by atoms with Gasteiger partial charge in [-0.2, -0.15) is 5.10 Å². The van der Waals surface area contributed by atoms with Crippen LogP contribution < -0.4 is 4.74 Å². The first-order valence-electron chi connectivity index (χ1n) is 14.7. The lowest BCUT2D eigenvalue weighted by Crippen LogP contribution is -2.53. The second-order valence-electron chi connectivity index (χ2n) is 12.6. The Hall–Kier alpha value is -4.00. The number of fused-ring (bicyclic) bond motifs is 2. The molecule has 2 aromatic carbocycles. The van der Waals surface area contributed by atoms with E-state index >= 15 is 0 Å². The number of halogens is 1. The van der Waals surface area contributed by atoms with Gasteiger partial charge in [-0.3, -0.25) is 9.67 Å². The van der Waals surface area contributed by atoms with Crippen LogP contribution in [-0.2, 0) is 11.5 Å². The van der Waals surface area contributed by atoms with Gasteiger partial charge in [0.25, 0.3) is 0 Å². The molecule has 1 aliphatic rings. The number of carbonyl (C=O) groups is 1. The summed E-state index contributed by atoms with van der Waals surface area (Å²) in [6.45, 7) is 11.4. The van der Waals surface area contributed by atoms with E-state index < -0.39 is 8.07 Å². The summed E-state index contributed by atoms with van der Waals surface area (Å²) in [7, 11) is 2.34. The van der Waals surface area contributed by atoms with Gasteiger partial charge in [0.2, 0.25) is 0 Å². The van der Waals surface area contributed by atoms with Gasteiger partial charge in [-0.25, -0.2) is 14.8 Å². The third-order valence-corrected chi connectivity index (χ3v) is 9.83. The first-order valence-corrected chi connectivity index (χ1v) is 18.7. The fourth-order valence-corrected chi connectivity index (χ4v) is 6.08. The molecule has 230 valence electrons. The molecule has 4 heterocycles. The lowest BCUT2D eigenvalue weighted by atomic mass is 10.1. The van der Waals surface area contributed by atoms with Crippen LogP contribution in [0, 0.1) is 6.92 Å². The summed E-state index contributed by atoms with van der Waals surface area (Å²) in [4.78, 5) is 29.6. The fourth-order valence-electron chi connectivity index (χ4n) is 5.09. The molecule has 0 spiro atoms. The molecule has 0 N–H and O–H groups in total. The smallest absolute Gasteiger partial charge is 0.319 e. The molecule has 0 aliphatic carbocycles. The summed E-state index contributed by atoms with van der Waals surface area (Å²) in [5.41, 5.74) is 4.49. The molecule has 1 aliphatic heterocycles. The minimum absolute atomic E-state index is 0.00390. The van der Waals surface area contributed by atoms with Gasteiger partial charge < -0.3 is 23.8 Å². The van der Waals surface area contributed by atoms with Crippen molar-refractivity contribution in [1.82, 2.24) is 39.1 Å². The lowest BCUT2D eigenvalue weighted by molar-refractivity contribution is 0.0885. The van der Waals surface area contributed by atoms with Crippen LogP contribution in [0.1, 0.15) is 11.9 Å². The average molecular weight is 633 g/mol. The van der Waals surface area contributed by atoms with E-state index in [1.165, 1.54) is 0 Å². The molecule has 5 aromatic rings. The molecule has 0 atom stereocenters. The van der Waals surface area contributed by atoms with Crippen molar-refractivity contribution >= 4 is 47.8 Å². The van der Waals surface area contributed by atoms with E-state index in [4.69, 9.17) is 31.0 Å². The Morgan fingerprint density at radius 2 is 1.86 bits per heavy atom. The molecule has 11 nitrogen and oxygen atoms in total. The first-order chi connectivity index (χ1) is 21.0. The summed E-state index contributed by atoms with van der Waals surface area (Å²) in [6.07, 6.45) is 5.41. The number of hydrogen-bond donors (Lipinski definition) is 0. The molecule has 3 aromatic heterocycles. The Balaban J connectivity index is 1.20. The second kappa shape index (κ2) is 11.8. The predicted octanol–water partition coefficient (Wildman–Crippen LogP) is 6.45. The topological polar surface area (TPSA) is 103 Å². The van der Waals surface area contributed by atoms with Gasteiger partial charge in [0, 0.05) is 59.7 Å². The summed E-state index contributed by atoms with van der Waals surface area (Å²) in [6, 6.07) is 10.7. The zero-order valence-electron chi connectivity index (χ0n) is 25.9. The quantitative estimate of drug-likeness (QED) is 0.136. The largest absolute Gasteiger partial charge is 0.456 e. The number of rotatable bonds is 9. The minimum Gasteiger partial charge on any atom is -0.456 e. The van der Waals surface area contributed by atoms with Crippen LogP contribution in [0.15, 0.2) is 48.9 Å². The molecule has 1 saturated heterocycles. The summed E-state index contributed by atoms with van der Waals surface area (Å²) in [5.74, 6) is 2.00. The third-order valence-electron chi connectivity index (χ3n) is 7.76. The van der Waals surface area contributed by atoms with Crippen LogP contribution in [0.3, 0.4) is 0 Å². The SMILES string of the molecule is Cc1nc2ccc(Oc3ccc4ncc(-c5cnn(C6CN(C(=O)N(C)C)C6)c5)nc4c3Cl)cc2n1COCC[Si](C)(C)C. The summed E-state index contributed by atoms with van der Waals surface area (Å²) >= 11 is 6.86. The van der Waals surface area contributed by atoms with Crippen LogP contribution in [0.2, 0.25) is 30.7 Å². The van der Waals surface area contributed by atoms with E-state index in [1.54, 1.807) is 42.4 Å². The average Bonchev–Trinajstić information content (AvgIpc) is 3.55. The fraction of sp³-hybridized carbons (Fsp3) is 0.387. The van der Waals surface area contributed by atoms with Crippen molar-refractivity contribution in [2.75, 3.05) is 33.8 Å². The van der Waals surface area contributed by atoms with Crippen molar-refractivity contribution in [1.29, 1.82) is 0 Å². The van der Waals surface area contributed by atoms with E-state index in [0.717, 1.165) is 35.1 Å². The van der Waals surface area contributed by atoms with E-state index in [-0.39, 0.29) is 12.1 Å². The van der Waals surface area contributed by atoms with Gasteiger partial charge >= 0.3 is 6.03 Å². The number of imidazole rings is 1. The number of carbonyl (C=O) groups excluding carboxylic acids is 1. The number of hydrogen-bond acceptors (Lipinski definition) is 7. The number of ether oxygens (including phenoxy) is 2. The number of nitrogens with zero attached hydrogens (tertiary/aromatic N) is 8. The maximum Gasteiger partial charge on any atom is 0.319 e. The van der Waals surface area contributed by atoms with Crippen molar-refractivity contribution in [3.63, 3.8) is 0 Å². The number of benzene rings is 2. The summed E-state index contributed by atoms with van der Waals surface area (Å²) < 4.78 is 16.2. The van der Waals surface area contributed by atoms with Gasteiger partial charge in [0.05, 0.1) is 40.7 Å². The van der Waals surface area contributed by atoms with Crippen LogP contribution in [0.5, 0.6) is 11.5 Å². The van der Waals surface area contributed by atoms with Gasteiger partial charge in [-0.1, -0.05) is 31.2 Å². The second-order valence-corrected chi connectivity index (χ2v) is 18.6. The minimum atomic E-state index is -1.17. The molecule has 1 fully saturated rings. The van der Waals surface area contributed by atoms with Gasteiger partial charge in [0.15, 0.2) is 0 Å². The highest BCUT2D eigenvalue weighted by Crippen LogP contribution is 2.36. The lowest BCUT2D eigenvalue weighted by Gasteiger charge is -2.40. The van der Waals surface area contributed by atoms with Crippen LogP contribution in [-0.4, -0.2) is 87.0 Å². The highest BCUT2D eigenvalue weighted by molar-refractivity contribution is 6.76. The molecule has 13 heteroatoms. The molecular formula is C31H37ClN8O3Si. The molecule has 0 radical (unpaired) electrons. The highest BCUT2D eigenvalue weighted by Gasteiger charge is 2.33. The molecule has 6 rings (SSSR count). The van der Waals surface area contributed by atoms with Crippen molar-refractivity contribution in [2.24, 2.45) is 0 Å². The number of amides is 2. The van der Waals surface area contributed by atoms with Gasteiger partial charge in [-0.15, -0.1) is 0 Å². The number of aryl methyl sites for hydroxylation is 1. The molecule has 2 amide bonds. The highest BCUT2D eigenvalue weighted by atomic mass is 35.5. The Kier molecular flexibility index (Phi) is 8.07. The molecule has 0 saturated carbocycles. The maximum atomic E-state index is 12.2. The molecule has 0 bridgehead atoms. The number of urea groups is 1. The number of likely N-dealkylation sites (tertiary alicyclic amines) is 1. The molecule has 44 heavy (non-hydrogen) atoms. The first kappa shape index (κ1) is 30.0. The van der Waals surface area contributed by atoms with Crippen molar-refractivity contribution < 1.29 is 14.3 Å². The van der Waals surface area contributed by atoms with E-state index in [2.05, 4.69) is 34.3 Å². The van der Waals surface area contributed by atoms with Gasteiger partial charge in [0.1, 0.15) is 34.6 Å². The van der Waals surface area contributed by atoms with Crippen molar-refractivity contribution in [3.8, 4) is 22.8 Å². The van der Waals surface area contributed by atoms with Gasteiger partial charge in [-0.05, 0) is 37.2 Å². The Labute approximate surface area is 262 Å². The molecule has 0 unspecified atom stereocenters. The van der Waals surface area contributed by atoms with E-state index in [0.29, 0.717) is 53.1 Å². The predicted molar refractivity (Wildman–Crippen MR) is 174 cm³/mol. The van der Waals surface area contributed by atoms with E-state index in [1.807, 2.05) is 42.1 Å². The van der Waals surface area contributed by atoms with Crippen molar-refractivity contribution in [3.05, 3.63) is 59.8 Å². The standard InChI is InChI=1S/C31H37ClN8O3Si/c1-20-35-24-8-7-23(13-27(24)39(20)19-42-11-12-44(4,5)6)43-28-10-9-25-30(29(28)32)36-26(15-33-25)21-14-34-40(16-21)22-17-38(18-22)31(41)37(2)3/h7-10,13-16,22H,11-12,17-19H2,1-6H3.